The lowest BCUT2D eigenvalue weighted by Crippen LogP contribution is -2.37. The minimum Gasteiger partial charge on any atom is -0.235 e. The summed E-state index contributed by atoms with van der Waals surface area (Å²) in [6, 6.07) is 18.0. The molecule has 1 atom stereocenters. The Labute approximate surface area is 178 Å². The largest absolute Gasteiger partial charge is 0.235 e. The maximum atomic E-state index is 3.80. The topological polar surface area (TPSA) is 6.02 Å². The molecule has 2 aromatic carbocycles. The number of rotatable bonds is 6. The summed E-state index contributed by atoms with van der Waals surface area (Å²) in [6.45, 7) is 3.36. The Morgan fingerprint density at radius 3 is 2.15 bits per heavy atom. The summed E-state index contributed by atoms with van der Waals surface area (Å²) in [4.78, 5) is 0. The highest BCUT2D eigenvalue weighted by molar-refractivity contribution is 9.24. The van der Waals surface area contributed by atoms with Gasteiger partial charge in [-0.15, -0.1) is 0 Å². The number of alkyl halides is 2. The Kier molecular flexibility index (Phi) is 6.24. The molecule has 4 rings (SSSR count). The Morgan fingerprint density at radius 2 is 1.44 bits per heavy atom. The molecule has 0 N–H and O–H groups in total. The minimum atomic E-state index is 0.303. The third kappa shape index (κ3) is 4.60. The van der Waals surface area contributed by atoms with Gasteiger partial charge in [0.1, 0.15) is 23.4 Å². The van der Waals surface area contributed by atoms with E-state index in [-0.39, 0.29) is 0 Å². The third-order valence-electron chi connectivity index (χ3n) is 5.71. The van der Waals surface area contributed by atoms with Crippen molar-refractivity contribution in [3.05, 3.63) is 70.8 Å². The van der Waals surface area contributed by atoms with Gasteiger partial charge in [0, 0.05) is 36.8 Å². The van der Waals surface area contributed by atoms with Gasteiger partial charge in [-0.25, -0.2) is 9.15 Å². The Hall–Kier alpha value is -1.26. The molecule has 0 saturated heterocycles. The van der Waals surface area contributed by atoms with Gasteiger partial charge in [-0.1, -0.05) is 68.3 Å². The Bertz CT molecular complexity index is 870. The molecule has 2 heterocycles. The lowest BCUT2D eigenvalue weighted by molar-refractivity contribution is -0.563. The average Bonchev–Trinajstić information content (AvgIpc) is 2.70. The van der Waals surface area contributed by atoms with E-state index in [0.717, 1.165) is 32.5 Å². The van der Waals surface area contributed by atoms with Crippen LogP contribution in [0.2, 0.25) is 0 Å². The maximum Gasteiger partial charge on any atom is 0.175 e. The highest BCUT2D eigenvalue weighted by Crippen LogP contribution is 2.23. The highest BCUT2D eigenvalue weighted by Gasteiger charge is 2.30. The maximum absolute atomic E-state index is 3.80. The Balaban J connectivity index is 1.41. The SMILES string of the molecule is BrC(Br)C(CCC[N+]1=Cc2ccccc2CC1)[N+]1=Cc2ccccc2CC1. The zero-order valence-corrected chi connectivity index (χ0v) is 18.7. The van der Waals surface area contributed by atoms with Crippen LogP contribution in [0.4, 0.5) is 0 Å². The van der Waals surface area contributed by atoms with Gasteiger partial charge in [0.2, 0.25) is 0 Å². The lowest BCUT2D eigenvalue weighted by atomic mass is 10.0. The van der Waals surface area contributed by atoms with Crippen LogP contribution in [-0.4, -0.2) is 51.0 Å². The van der Waals surface area contributed by atoms with Crippen molar-refractivity contribution in [2.75, 3.05) is 19.6 Å². The predicted molar refractivity (Wildman–Crippen MR) is 120 cm³/mol. The van der Waals surface area contributed by atoms with Crippen LogP contribution >= 0.6 is 31.9 Å². The first-order chi connectivity index (χ1) is 13.2. The molecule has 2 aromatic rings. The van der Waals surface area contributed by atoms with Gasteiger partial charge in [-0.2, -0.15) is 0 Å². The first kappa shape index (κ1) is 19.1. The van der Waals surface area contributed by atoms with Crippen molar-refractivity contribution in [3.63, 3.8) is 0 Å². The van der Waals surface area contributed by atoms with Gasteiger partial charge in [0.25, 0.3) is 0 Å². The van der Waals surface area contributed by atoms with E-state index in [0.29, 0.717) is 9.78 Å². The molecule has 0 spiro atoms. The second-order valence-corrected chi connectivity index (χ2v) is 10.7. The standard InChI is InChI=1S/C23H26Br2N2/c24-23(25)22(27-15-12-19-7-2-4-9-21(19)17-27)10-5-13-26-14-11-18-6-1-3-8-20(18)16-26/h1-4,6-9,16-17,22-23H,5,10-15H2/q+2. The van der Waals surface area contributed by atoms with Gasteiger partial charge in [-0.3, -0.25) is 0 Å². The molecule has 27 heavy (non-hydrogen) atoms. The summed E-state index contributed by atoms with van der Waals surface area (Å²) in [7, 11) is 0. The first-order valence-electron chi connectivity index (χ1n) is 9.84. The van der Waals surface area contributed by atoms with Crippen molar-refractivity contribution in [3.8, 4) is 0 Å². The zero-order valence-electron chi connectivity index (χ0n) is 15.5. The van der Waals surface area contributed by atoms with Crippen LogP contribution in [0.25, 0.3) is 0 Å². The zero-order chi connectivity index (χ0) is 18.6. The number of hydrogen-bond acceptors (Lipinski definition) is 0. The molecule has 2 aliphatic heterocycles. The summed E-state index contributed by atoms with van der Waals surface area (Å²) in [6.07, 6.45) is 9.35. The van der Waals surface area contributed by atoms with Crippen molar-refractivity contribution >= 4 is 44.3 Å². The second-order valence-electron chi connectivity index (χ2n) is 7.47. The minimum absolute atomic E-state index is 0.303. The fourth-order valence-electron chi connectivity index (χ4n) is 4.17. The van der Waals surface area contributed by atoms with Crippen LogP contribution in [0.5, 0.6) is 0 Å². The van der Waals surface area contributed by atoms with E-state index in [4.69, 9.17) is 0 Å². The predicted octanol–water partition coefficient (Wildman–Crippen LogP) is 4.63. The number of hydrogen-bond donors (Lipinski definition) is 0. The molecule has 0 aliphatic carbocycles. The molecule has 0 aromatic heterocycles. The molecule has 1 unspecified atom stereocenters. The van der Waals surface area contributed by atoms with Crippen molar-refractivity contribution in [1.29, 1.82) is 0 Å². The van der Waals surface area contributed by atoms with Gasteiger partial charge >= 0.3 is 0 Å². The molecule has 0 amide bonds. The van der Waals surface area contributed by atoms with E-state index >= 15 is 0 Å². The summed E-state index contributed by atoms with van der Waals surface area (Å²) in [5.41, 5.74) is 5.71. The van der Waals surface area contributed by atoms with E-state index in [1.165, 1.54) is 35.1 Å². The highest BCUT2D eigenvalue weighted by atomic mass is 79.9. The fourth-order valence-corrected chi connectivity index (χ4v) is 5.31. The van der Waals surface area contributed by atoms with Crippen LogP contribution in [-0.2, 0) is 12.8 Å². The van der Waals surface area contributed by atoms with Crippen LogP contribution in [0.1, 0.15) is 35.1 Å². The van der Waals surface area contributed by atoms with Crippen molar-refractivity contribution in [2.45, 2.75) is 35.5 Å². The molecule has 0 bridgehead atoms. The van der Waals surface area contributed by atoms with Crippen LogP contribution in [0.3, 0.4) is 0 Å². The molecule has 0 fully saturated rings. The van der Waals surface area contributed by atoms with E-state index in [2.05, 4.69) is 102 Å². The first-order valence-corrected chi connectivity index (χ1v) is 11.7. The van der Waals surface area contributed by atoms with Gasteiger partial charge < -0.3 is 0 Å². The van der Waals surface area contributed by atoms with Gasteiger partial charge in [0.15, 0.2) is 18.5 Å². The normalized spacial score (nSPS) is 17.0. The summed E-state index contributed by atoms with van der Waals surface area (Å²) >= 11 is 7.60. The quantitative estimate of drug-likeness (QED) is 0.412. The number of halogens is 2. The summed E-state index contributed by atoms with van der Waals surface area (Å²) < 4.78 is 5.32. The van der Waals surface area contributed by atoms with Crippen molar-refractivity contribution in [2.24, 2.45) is 0 Å². The number of fused-ring (bicyclic) bond motifs is 2. The van der Waals surface area contributed by atoms with E-state index in [1.54, 1.807) is 0 Å². The fraction of sp³-hybridized carbons (Fsp3) is 0.391. The summed E-state index contributed by atoms with van der Waals surface area (Å²) in [5.74, 6) is 0. The second kappa shape index (κ2) is 8.83. The molecular weight excluding hydrogens is 464 g/mol. The average molecular weight is 490 g/mol. The number of nitrogens with zero attached hydrogens (tertiary/aromatic N) is 2. The van der Waals surface area contributed by atoms with Crippen LogP contribution in [0.15, 0.2) is 48.5 Å². The van der Waals surface area contributed by atoms with E-state index in [1.807, 2.05) is 0 Å². The molecule has 4 heteroatoms. The Morgan fingerprint density at radius 1 is 0.815 bits per heavy atom. The van der Waals surface area contributed by atoms with Gasteiger partial charge in [0.05, 0.1) is 0 Å². The van der Waals surface area contributed by atoms with Crippen molar-refractivity contribution in [1.82, 2.24) is 0 Å². The molecule has 2 aliphatic rings. The summed E-state index contributed by atoms with van der Waals surface area (Å²) in [5, 5.41) is 0. The van der Waals surface area contributed by atoms with Gasteiger partial charge in [-0.05, 0) is 23.3 Å². The van der Waals surface area contributed by atoms with E-state index < -0.39 is 0 Å². The monoisotopic (exact) mass is 488 g/mol. The smallest absolute Gasteiger partial charge is 0.175 e. The third-order valence-corrected chi connectivity index (χ3v) is 6.93. The molecule has 2 nitrogen and oxygen atoms in total. The van der Waals surface area contributed by atoms with Crippen LogP contribution < -0.4 is 0 Å². The number of benzene rings is 2. The molecule has 0 saturated carbocycles. The molecule has 140 valence electrons. The molecule has 0 radical (unpaired) electrons. The molecular formula is C23H26Br2N2+2. The van der Waals surface area contributed by atoms with Crippen molar-refractivity contribution < 1.29 is 9.15 Å². The lowest BCUT2D eigenvalue weighted by Gasteiger charge is -2.21. The van der Waals surface area contributed by atoms with Crippen LogP contribution in [0, 0.1) is 0 Å². The van der Waals surface area contributed by atoms with E-state index in [9.17, 15) is 0 Å².